The molecule has 0 bridgehead atoms. The maximum absolute atomic E-state index is 13.3. The van der Waals surface area contributed by atoms with Crippen LogP contribution in [0.1, 0.15) is 37.2 Å². The number of hydrogen-bond donors (Lipinski definition) is 1. The number of likely N-dealkylation sites (tertiary alicyclic amines) is 1. The van der Waals surface area contributed by atoms with E-state index in [0.717, 1.165) is 24.6 Å². The van der Waals surface area contributed by atoms with Gasteiger partial charge in [0.1, 0.15) is 0 Å². The van der Waals surface area contributed by atoms with E-state index in [0.29, 0.717) is 38.3 Å². The monoisotopic (exact) mass is 384 g/mol. The van der Waals surface area contributed by atoms with Gasteiger partial charge in [0.15, 0.2) is 5.96 Å². The van der Waals surface area contributed by atoms with E-state index in [9.17, 15) is 4.79 Å². The second-order valence-electron chi connectivity index (χ2n) is 8.35. The summed E-state index contributed by atoms with van der Waals surface area (Å²) in [4.78, 5) is 22.1. The van der Waals surface area contributed by atoms with Crippen LogP contribution in [0, 0.1) is 5.41 Å². The Morgan fingerprint density at radius 1 is 1.14 bits per heavy atom. The van der Waals surface area contributed by atoms with Gasteiger partial charge in [-0.15, -0.1) is 0 Å². The van der Waals surface area contributed by atoms with Gasteiger partial charge in [0.2, 0.25) is 5.91 Å². The quantitative estimate of drug-likeness (QED) is 0.638. The lowest BCUT2D eigenvalue weighted by molar-refractivity contribution is -0.136. The van der Waals surface area contributed by atoms with E-state index in [-0.39, 0.29) is 11.8 Å². The number of nitrogens with zero attached hydrogens (tertiary/aromatic N) is 3. The summed E-state index contributed by atoms with van der Waals surface area (Å²) in [7, 11) is 1.84. The largest absolute Gasteiger partial charge is 0.378 e. The fourth-order valence-electron chi connectivity index (χ4n) is 4.76. The van der Waals surface area contributed by atoms with Crippen molar-refractivity contribution in [2.75, 3.05) is 53.0 Å². The zero-order valence-electron chi connectivity index (χ0n) is 16.9. The Bertz CT molecular complexity index is 696. The molecule has 1 aromatic carbocycles. The molecular formula is C22H32N4O2. The minimum absolute atomic E-state index is 0.175. The predicted octanol–water partition coefficient (Wildman–Crippen LogP) is 2.08. The number of rotatable bonds is 4. The molecule has 1 aromatic rings. The molecule has 1 unspecified atom stereocenters. The second-order valence-corrected chi connectivity index (χ2v) is 8.35. The van der Waals surface area contributed by atoms with Gasteiger partial charge in [0, 0.05) is 39.8 Å². The Balaban J connectivity index is 1.43. The number of guanidine groups is 1. The lowest BCUT2D eigenvalue weighted by atomic mass is 9.68. The van der Waals surface area contributed by atoms with Crippen molar-refractivity contribution in [1.82, 2.24) is 15.1 Å². The first-order valence-electron chi connectivity index (χ1n) is 10.6. The average molecular weight is 385 g/mol. The standard InChI is InChI=1S/C22H32N4O2/c1-23-21(26-11-10-22(17-26)8-5-9-22)24-16-19(18-6-3-2-4-7-18)20(27)25-12-14-28-15-13-25/h2-4,6-7,19H,5,8-17H2,1H3,(H,23,24). The van der Waals surface area contributed by atoms with Gasteiger partial charge in [0.05, 0.1) is 19.1 Å². The summed E-state index contributed by atoms with van der Waals surface area (Å²) < 4.78 is 5.42. The normalized spacial score (nSPS) is 22.8. The number of morpholine rings is 1. The number of hydrogen-bond acceptors (Lipinski definition) is 3. The van der Waals surface area contributed by atoms with E-state index < -0.39 is 0 Å². The highest BCUT2D eigenvalue weighted by Crippen LogP contribution is 2.47. The number of carbonyl (C=O) groups excluding carboxylic acids is 1. The summed E-state index contributed by atoms with van der Waals surface area (Å²) in [5.74, 6) is 0.894. The van der Waals surface area contributed by atoms with Crippen molar-refractivity contribution >= 4 is 11.9 Å². The van der Waals surface area contributed by atoms with E-state index in [1.165, 1.54) is 25.7 Å². The Labute approximate surface area is 167 Å². The van der Waals surface area contributed by atoms with Crippen LogP contribution in [0.5, 0.6) is 0 Å². The van der Waals surface area contributed by atoms with Gasteiger partial charge in [-0.25, -0.2) is 0 Å². The molecule has 2 saturated heterocycles. The van der Waals surface area contributed by atoms with Crippen LogP contribution in [0.3, 0.4) is 0 Å². The third-order valence-electron chi connectivity index (χ3n) is 6.65. The van der Waals surface area contributed by atoms with Crippen LogP contribution in [-0.4, -0.2) is 74.7 Å². The van der Waals surface area contributed by atoms with Crippen molar-refractivity contribution in [3.8, 4) is 0 Å². The molecule has 1 atom stereocenters. The molecule has 0 aromatic heterocycles. The Hall–Kier alpha value is -2.08. The third kappa shape index (κ3) is 4.02. The Kier molecular flexibility index (Phi) is 5.85. The van der Waals surface area contributed by atoms with E-state index in [4.69, 9.17) is 4.74 Å². The van der Waals surface area contributed by atoms with E-state index in [1.807, 2.05) is 42.3 Å². The molecule has 152 valence electrons. The van der Waals surface area contributed by atoms with Crippen molar-refractivity contribution in [1.29, 1.82) is 0 Å². The highest BCUT2D eigenvalue weighted by Gasteiger charge is 2.43. The number of amides is 1. The first-order valence-corrected chi connectivity index (χ1v) is 10.6. The van der Waals surface area contributed by atoms with Crippen molar-refractivity contribution < 1.29 is 9.53 Å². The molecule has 1 amide bonds. The van der Waals surface area contributed by atoms with Crippen LogP contribution in [-0.2, 0) is 9.53 Å². The first kappa shape index (κ1) is 19.2. The topological polar surface area (TPSA) is 57.2 Å². The van der Waals surface area contributed by atoms with Crippen molar-refractivity contribution in [3.05, 3.63) is 35.9 Å². The van der Waals surface area contributed by atoms with Crippen LogP contribution in [0.2, 0.25) is 0 Å². The van der Waals surface area contributed by atoms with Gasteiger partial charge in [-0.05, 0) is 30.2 Å². The minimum atomic E-state index is -0.212. The van der Waals surface area contributed by atoms with Crippen LogP contribution in [0.25, 0.3) is 0 Å². The molecule has 1 spiro atoms. The summed E-state index contributed by atoms with van der Waals surface area (Å²) in [6.07, 6.45) is 5.33. The van der Waals surface area contributed by atoms with Crippen LogP contribution < -0.4 is 5.32 Å². The Morgan fingerprint density at radius 2 is 1.89 bits per heavy atom. The van der Waals surface area contributed by atoms with Crippen LogP contribution in [0.4, 0.5) is 0 Å². The lowest BCUT2D eigenvalue weighted by Crippen LogP contribution is -2.48. The number of benzene rings is 1. The van der Waals surface area contributed by atoms with Gasteiger partial charge in [-0.2, -0.15) is 0 Å². The molecule has 4 rings (SSSR count). The first-order chi connectivity index (χ1) is 13.7. The molecule has 28 heavy (non-hydrogen) atoms. The zero-order chi connectivity index (χ0) is 19.4. The maximum Gasteiger partial charge on any atom is 0.232 e. The fraction of sp³-hybridized carbons (Fsp3) is 0.636. The third-order valence-corrected chi connectivity index (χ3v) is 6.65. The van der Waals surface area contributed by atoms with Gasteiger partial charge in [-0.3, -0.25) is 9.79 Å². The molecule has 2 heterocycles. The molecule has 1 N–H and O–H groups in total. The molecule has 2 aliphatic heterocycles. The van der Waals surface area contributed by atoms with E-state index in [1.54, 1.807) is 0 Å². The minimum Gasteiger partial charge on any atom is -0.378 e. The molecule has 1 aliphatic carbocycles. The predicted molar refractivity (Wildman–Crippen MR) is 110 cm³/mol. The van der Waals surface area contributed by atoms with Crippen LogP contribution in [0.15, 0.2) is 35.3 Å². The molecule has 3 aliphatic rings. The number of carbonyl (C=O) groups is 1. The average Bonchev–Trinajstić information content (AvgIpc) is 3.18. The summed E-state index contributed by atoms with van der Waals surface area (Å²) in [6, 6.07) is 10.1. The van der Waals surface area contributed by atoms with Gasteiger partial charge in [-0.1, -0.05) is 36.8 Å². The van der Waals surface area contributed by atoms with Crippen molar-refractivity contribution in [3.63, 3.8) is 0 Å². The summed E-state index contributed by atoms with van der Waals surface area (Å²) in [5.41, 5.74) is 1.58. The van der Waals surface area contributed by atoms with E-state index >= 15 is 0 Å². The zero-order valence-corrected chi connectivity index (χ0v) is 16.9. The molecule has 6 heteroatoms. The SMILES string of the molecule is CN=C(NCC(C(=O)N1CCOCC1)c1ccccc1)N1CCC2(CCC2)C1. The van der Waals surface area contributed by atoms with Crippen LogP contribution >= 0.6 is 0 Å². The van der Waals surface area contributed by atoms with E-state index in [2.05, 4.69) is 15.2 Å². The lowest BCUT2D eigenvalue weighted by Gasteiger charge is -2.38. The number of nitrogens with one attached hydrogen (secondary N) is 1. The van der Waals surface area contributed by atoms with Crippen molar-refractivity contribution in [2.24, 2.45) is 10.4 Å². The maximum atomic E-state index is 13.3. The summed E-state index contributed by atoms with van der Waals surface area (Å²) >= 11 is 0. The molecule has 0 radical (unpaired) electrons. The summed E-state index contributed by atoms with van der Waals surface area (Å²) in [5, 5.41) is 3.51. The Morgan fingerprint density at radius 3 is 2.50 bits per heavy atom. The highest BCUT2D eigenvalue weighted by atomic mass is 16.5. The summed E-state index contributed by atoms with van der Waals surface area (Å²) in [6.45, 7) is 5.32. The molecule has 6 nitrogen and oxygen atoms in total. The molecule has 1 saturated carbocycles. The van der Waals surface area contributed by atoms with Gasteiger partial charge < -0.3 is 19.9 Å². The molecule has 3 fully saturated rings. The van der Waals surface area contributed by atoms with Crippen molar-refractivity contribution in [2.45, 2.75) is 31.6 Å². The second kappa shape index (κ2) is 8.52. The van der Waals surface area contributed by atoms with Gasteiger partial charge in [0.25, 0.3) is 0 Å². The highest BCUT2D eigenvalue weighted by molar-refractivity contribution is 5.86. The molecular weight excluding hydrogens is 352 g/mol. The smallest absolute Gasteiger partial charge is 0.232 e. The number of ether oxygens (including phenoxy) is 1. The fourth-order valence-corrected chi connectivity index (χ4v) is 4.76. The van der Waals surface area contributed by atoms with Gasteiger partial charge >= 0.3 is 0 Å². The number of aliphatic imine (C=N–C) groups is 1.